The van der Waals surface area contributed by atoms with Crippen molar-refractivity contribution < 1.29 is 15.0 Å². The molecule has 2 heterocycles. The molecule has 5 unspecified atom stereocenters. The van der Waals surface area contributed by atoms with Gasteiger partial charge in [0, 0.05) is 11.4 Å². The lowest BCUT2D eigenvalue weighted by molar-refractivity contribution is -0.149. The molecular weight excluding hydrogens is 297 g/mol. The van der Waals surface area contributed by atoms with Crippen LogP contribution in [0.2, 0.25) is 0 Å². The van der Waals surface area contributed by atoms with Gasteiger partial charge in [0.1, 0.15) is 0 Å². The molecule has 5 atom stereocenters. The van der Waals surface area contributed by atoms with Crippen molar-refractivity contribution in [1.82, 2.24) is 5.32 Å². The molecular formula is C10H15BrClNO3. The van der Waals surface area contributed by atoms with E-state index in [0.717, 1.165) is 6.42 Å². The highest BCUT2D eigenvalue weighted by Gasteiger charge is 2.64. The van der Waals surface area contributed by atoms with Gasteiger partial charge in [0.25, 0.3) is 0 Å². The van der Waals surface area contributed by atoms with Crippen molar-refractivity contribution in [3.05, 3.63) is 0 Å². The van der Waals surface area contributed by atoms with Crippen molar-refractivity contribution in [3.8, 4) is 0 Å². The molecule has 0 aromatic rings. The van der Waals surface area contributed by atoms with E-state index < -0.39 is 23.0 Å². The lowest BCUT2D eigenvalue weighted by Gasteiger charge is -2.58. The van der Waals surface area contributed by atoms with Gasteiger partial charge in [-0.15, -0.1) is 11.6 Å². The lowest BCUT2D eigenvalue weighted by atomic mass is 9.61. The molecule has 0 radical (unpaired) electrons. The van der Waals surface area contributed by atoms with Crippen LogP contribution in [0.3, 0.4) is 0 Å². The minimum Gasteiger partial charge on any atom is -0.480 e. The Labute approximate surface area is 107 Å². The van der Waals surface area contributed by atoms with Gasteiger partial charge < -0.3 is 15.5 Å². The number of fused-ring (bicyclic) bond motifs is 3. The zero-order valence-electron chi connectivity index (χ0n) is 8.91. The molecule has 3 aliphatic rings. The van der Waals surface area contributed by atoms with Crippen LogP contribution in [0.4, 0.5) is 0 Å². The Balaban J connectivity index is 2.41. The van der Waals surface area contributed by atoms with E-state index in [1.54, 1.807) is 0 Å². The molecule has 0 aromatic carbocycles. The largest absolute Gasteiger partial charge is 0.480 e. The average Bonchev–Trinajstić information content (AvgIpc) is 2.25. The van der Waals surface area contributed by atoms with E-state index in [4.69, 9.17) is 11.6 Å². The highest BCUT2D eigenvalue weighted by molar-refractivity contribution is 9.09. The molecule has 1 saturated carbocycles. The molecule has 0 spiro atoms. The summed E-state index contributed by atoms with van der Waals surface area (Å²) >= 11 is 9.68. The molecule has 2 saturated heterocycles. The monoisotopic (exact) mass is 311 g/mol. The zero-order chi connectivity index (χ0) is 12.1. The summed E-state index contributed by atoms with van der Waals surface area (Å²) in [6.07, 6.45) is 0.399. The summed E-state index contributed by atoms with van der Waals surface area (Å²) in [5, 5.41) is 22.4. The van der Waals surface area contributed by atoms with Crippen molar-refractivity contribution in [3.63, 3.8) is 0 Å². The SMILES string of the molecule is CCC12CNC(C(O)C1Br)C(Cl)(C(=O)O)C2. The van der Waals surface area contributed by atoms with Crippen LogP contribution in [0.1, 0.15) is 19.8 Å². The summed E-state index contributed by atoms with van der Waals surface area (Å²) in [5.74, 6) is -1.05. The zero-order valence-corrected chi connectivity index (χ0v) is 11.3. The van der Waals surface area contributed by atoms with Crippen LogP contribution in [-0.4, -0.2) is 44.6 Å². The maximum absolute atomic E-state index is 11.3. The van der Waals surface area contributed by atoms with Crippen molar-refractivity contribution >= 4 is 33.5 Å². The van der Waals surface area contributed by atoms with Gasteiger partial charge in [0.2, 0.25) is 0 Å². The maximum atomic E-state index is 11.3. The first-order chi connectivity index (χ1) is 7.37. The number of carboxylic acids is 1. The standard InChI is InChI=1S/C10H15BrClNO3/c1-2-9-3-10(12,8(15)16)7(13-4-9)5(14)6(9)11/h5-7,13-14H,2-4H2,1H3,(H,15,16). The number of nitrogens with one attached hydrogen (secondary N) is 1. The fourth-order valence-corrected chi connectivity index (χ4v) is 4.36. The van der Waals surface area contributed by atoms with E-state index >= 15 is 0 Å². The van der Waals surface area contributed by atoms with E-state index in [0.29, 0.717) is 13.0 Å². The van der Waals surface area contributed by atoms with Gasteiger partial charge >= 0.3 is 5.97 Å². The first-order valence-corrected chi connectivity index (χ1v) is 6.64. The quantitative estimate of drug-likeness (QED) is 0.664. The van der Waals surface area contributed by atoms with E-state index in [1.807, 2.05) is 6.92 Å². The van der Waals surface area contributed by atoms with Gasteiger partial charge in [0.15, 0.2) is 4.87 Å². The molecule has 3 rings (SSSR count). The van der Waals surface area contributed by atoms with E-state index in [9.17, 15) is 15.0 Å². The minimum atomic E-state index is -1.39. The average molecular weight is 313 g/mol. The third-order valence-electron chi connectivity index (χ3n) is 4.06. The fourth-order valence-electron chi connectivity index (χ4n) is 2.93. The smallest absolute Gasteiger partial charge is 0.326 e. The Bertz CT molecular complexity index is 329. The number of halogens is 2. The highest BCUT2D eigenvalue weighted by atomic mass is 79.9. The normalized spacial score (nSPS) is 51.6. The van der Waals surface area contributed by atoms with Crippen LogP contribution in [0, 0.1) is 5.41 Å². The van der Waals surface area contributed by atoms with Crippen molar-refractivity contribution in [2.45, 2.75) is 41.6 Å². The second kappa shape index (κ2) is 3.83. The molecule has 3 fully saturated rings. The Hall–Kier alpha value is 0.160. The molecule has 2 aliphatic heterocycles. The summed E-state index contributed by atoms with van der Waals surface area (Å²) in [7, 11) is 0. The van der Waals surface area contributed by atoms with Gasteiger partial charge in [-0.2, -0.15) is 0 Å². The summed E-state index contributed by atoms with van der Waals surface area (Å²) in [5.41, 5.74) is -0.283. The molecule has 2 bridgehead atoms. The molecule has 6 heteroatoms. The van der Waals surface area contributed by atoms with Crippen LogP contribution in [0.15, 0.2) is 0 Å². The molecule has 3 N–H and O–H groups in total. The molecule has 4 nitrogen and oxygen atoms in total. The first-order valence-electron chi connectivity index (χ1n) is 5.35. The minimum absolute atomic E-state index is 0.0949. The number of hydrogen-bond acceptors (Lipinski definition) is 3. The van der Waals surface area contributed by atoms with Crippen LogP contribution in [0.5, 0.6) is 0 Å². The Morgan fingerprint density at radius 1 is 1.69 bits per heavy atom. The second-order valence-corrected chi connectivity index (χ2v) is 6.47. The molecule has 92 valence electrons. The number of piperidine rings is 2. The summed E-state index contributed by atoms with van der Waals surface area (Å²) < 4.78 is 0. The van der Waals surface area contributed by atoms with E-state index in [1.165, 1.54) is 0 Å². The predicted octanol–water partition coefficient (Wildman–Crippen LogP) is 0.945. The molecule has 0 amide bonds. The van der Waals surface area contributed by atoms with Gasteiger partial charge in [-0.25, -0.2) is 0 Å². The van der Waals surface area contributed by atoms with E-state index in [-0.39, 0.29) is 10.2 Å². The van der Waals surface area contributed by atoms with Crippen LogP contribution in [-0.2, 0) is 4.79 Å². The third kappa shape index (κ3) is 1.45. The predicted molar refractivity (Wildman–Crippen MR) is 64.1 cm³/mol. The topological polar surface area (TPSA) is 69.6 Å². The number of aliphatic carboxylic acids is 1. The summed E-state index contributed by atoms with van der Waals surface area (Å²) in [6.45, 7) is 2.69. The van der Waals surface area contributed by atoms with Gasteiger partial charge in [-0.05, 0) is 18.3 Å². The number of rotatable bonds is 2. The number of carbonyl (C=O) groups is 1. The lowest BCUT2D eigenvalue weighted by Crippen LogP contribution is -2.75. The van der Waals surface area contributed by atoms with Gasteiger partial charge in [-0.1, -0.05) is 22.9 Å². The Morgan fingerprint density at radius 2 is 2.31 bits per heavy atom. The number of carboxylic acid groups (broad SMARTS) is 1. The van der Waals surface area contributed by atoms with Gasteiger partial charge in [0.05, 0.1) is 12.1 Å². The number of aliphatic hydroxyl groups excluding tert-OH is 1. The summed E-state index contributed by atoms with van der Waals surface area (Å²) in [4.78, 5) is 9.79. The highest BCUT2D eigenvalue weighted by Crippen LogP contribution is 2.53. The molecule has 0 aromatic heterocycles. The van der Waals surface area contributed by atoms with Crippen LogP contribution in [0.25, 0.3) is 0 Å². The number of hydrogen-bond donors (Lipinski definition) is 3. The Morgan fingerprint density at radius 3 is 2.81 bits per heavy atom. The molecule has 1 aliphatic carbocycles. The fraction of sp³-hybridized carbons (Fsp3) is 0.900. The summed E-state index contributed by atoms with van der Waals surface area (Å²) in [6, 6.07) is -0.593. The number of alkyl halides is 2. The van der Waals surface area contributed by atoms with Crippen molar-refractivity contribution in [1.29, 1.82) is 0 Å². The van der Waals surface area contributed by atoms with Crippen molar-refractivity contribution in [2.24, 2.45) is 5.41 Å². The first kappa shape index (κ1) is 12.6. The Kier molecular flexibility index (Phi) is 3.02. The van der Waals surface area contributed by atoms with E-state index in [2.05, 4.69) is 21.2 Å². The maximum Gasteiger partial charge on any atom is 0.326 e. The third-order valence-corrected chi connectivity index (χ3v) is 6.11. The second-order valence-electron chi connectivity index (χ2n) is 4.81. The van der Waals surface area contributed by atoms with Crippen LogP contribution >= 0.6 is 27.5 Å². The van der Waals surface area contributed by atoms with Crippen molar-refractivity contribution in [2.75, 3.05) is 6.54 Å². The van der Waals surface area contributed by atoms with Crippen LogP contribution < -0.4 is 5.32 Å². The molecule has 16 heavy (non-hydrogen) atoms. The van der Waals surface area contributed by atoms with Gasteiger partial charge in [-0.3, -0.25) is 4.79 Å². The number of aliphatic hydroxyl groups is 1.